The first-order chi connectivity index (χ1) is 10.2. The maximum atomic E-state index is 12.4. The first kappa shape index (κ1) is 21.0. The van der Waals surface area contributed by atoms with Crippen molar-refractivity contribution in [2.75, 3.05) is 52.4 Å². The van der Waals surface area contributed by atoms with Crippen LogP contribution < -0.4 is 5.73 Å². The van der Waals surface area contributed by atoms with Crippen LogP contribution in [0.25, 0.3) is 0 Å². The molecule has 3 atom stereocenters. The van der Waals surface area contributed by atoms with E-state index in [0.29, 0.717) is 30.2 Å². The molecule has 2 heterocycles. The van der Waals surface area contributed by atoms with Gasteiger partial charge >= 0.3 is 0 Å². The van der Waals surface area contributed by atoms with Crippen LogP contribution in [0.15, 0.2) is 0 Å². The molecule has 1 aliphatic carbocycles. The number of nitrogens with zero attached hydrogens (tertiary/aromatic N) is 3. The predicted octanol–water partition coefficient (Wildman–Crippen LogP) is 1.05. The van der Waals surface area contributed by atoms with E-state index < -0.39 is 0 Å². The number of rotatable bonds is 4. The molecule has 0 bridgehead atoms. The molecule has 0 spiro atoms. The second kappa shape index (κ2) is 9.42. The van der Waals surface area contributed by atoms with E-state index in [-0.39, 0.29) is 24.8 Å². The number of carbonyl (C=O) groups is 1. The highest BCUT2D eigenvalue weighted by molar-refractivity contribution is 5.85. The Morgan fingerprint density at radius 3 is 2.30 bits per heavy atom. The van der Waals surface area contributed by atoms with Gasteiger partial charge in [0.2, 0.25) is 5.91 Å². The third-order valence-corrected chi connectivity index (χ3v) is 5.82. The third-order valence-electron chi connectivity index (χ3n) is 5.82. The molecule has 0 radical (unpaired) electrons. The van der Waals surface area contributed by atoms with E-state index in [1.165, 1.54) is 6.42 Å². The average molecular weight is 367 g/mol. The van der Waals surface area contributed by atoms with Gasteiger partial charge in [-0.3, -0.25) is 4.79 Å². The number of likely N-dealkylation sites (tertiary alicyclic amines) is 1. The lowest BCUT2D eigenvalue weighted by molar-refractivity contribution is -0.130. The van der Waals surface area contributed by atoms with Crippen molar-refractivity contribution in [3.8, 4) is 0 Å². The van der Waals surface area contributed by atoms with Gasteiger partial charge in [0.25, 0.3) is 0 Å². The fourth-order valence-electron chi connectivity index (χ4n) is 4.25. The lowest BCUT2D eigenvalue weighted by Crippen LogP contribution is -2.47. The van der Waals surface area contributed by atoms with Gasteiger partial charge in [0, 0.05) is 58.3 Å². The zero-order valence-electron chi connectivity index (χ0n) is 14.2. The van der Waals surface area contributed by atoms with E-state index in [2.05, 4.69) is 21.6 Å². The van der Waals surface area contributed by atoms with Crippen molar-refractivity contribution in [1.29, 1.82) is 0 Å². The van der Waals surface area contributed by atoms with E-state index in [4.69, 9.17) is 5.73 Å². The summed E-state index contributed by atoms with van der Waals surface area (Å²) in [6, 6.07) is 0.329. The third kappa shape index (κ3) is 4.95. The van der Waals surface area contributed by atoms with Gasteiger partial charge in [0.05, 0.1) is 0 Å². The van der Waals surface area contributed by atoms with Crippen molar-refractivity contribution >= 4 is 30.7 Å². The Kier molecular flexibility index (Phi) is 8.59. The first-order valence-electron chi connectivity index (χ1n) is 8.65. The van der Waals surface area contributed by atoms with Crippen molar-refractivity contribution in [2.24, 2.45) is 17.6 Å². The fourth-order valence-corrected chi connectivity index (χ4v) is 4.25. The van der Waals surface area contributed by atoms with E-state index in [0.717, 1.165) is 58.8 Å². The molecule has 3 aliphatic rings. The van der Waals surface area contributed by atoms with Crippen molar-refractivity contribution < 1.29 is 4.79 Å². The molecule has 0 aromatic rings. The maximum absolute atomic E-state index is 12.4. The number of hydrogen-bond donors (Lipinski definition) is 1. The molecule has 2 aliphatic heterocycles. The van der Waals surface area contributed by atoms with Crippen LogP contribution in [0.1, 0.15) is 26.2 Å². The second-order valence-corrected chi connectivity index (χ2v) is 6.99. The zero-order chi connectivity index (χ0) is 14.8. The molecule has 2 N–H and O–H groups in total. The molecule has 1 saturated carbocycles. The first-order valence-corrected chi connectivity index (χ1v) is 8.65. The quantitative estimate of drug-likeness (QED) is 0.807. The van der Waals surface area contributed by atoms with Crippen molar-refractivity contribution in [3.05, 3.63) is 0 Å². The van der Waals surface area contributed by atoms with Crippen LogP contribution in [0.2, 0.25) is 0 Å². The number of amides is 1. The van der Waals surface area contributed by atoms with Crippen LogP contribution in [-0.4, -0.2) is 79.0 Å². The second-order valence-electron chi connectivity index (χ2n) is 6.99. The Labute approximate surface area is 152 Å². The molecule has 5 nitrogen and oxygen atoms in total. The maximum Gasteiger partial charge on any atom is 0.223 e. The van der Waals surface area contributed by atoms with Crippen molar-refractivity contribution in [3.63, 3.8) is 0 Å². The van der Waals surface area contributed by atoms with Gasteiger partial charge in [0.1, 0.15) is 0 Å². The van der Waals surface area contributed by atoms with Gasteiger partial charge in [-0.05, 0) is 31.2 Å². The minimum atomic E-state index is 0. The average Bonchev–Trinajstić information content (AvgIpc) is 3.08. The number of fused-ring (bicyclic) bond motifs is 1. The predicted molar refractivity (Wildman–Crippen MR) is 98.4 cm³/mol. The largest absolute Gasteiger partial charge is 0.342 e. The Morgan fingerprint density at radius 2 is 1.70 bits per heavy atom. The molecule has 3 fully saturated rings. The van der Waals surface area contributed by atoms with Crippen LogP contribution in [-0.2, 0) is 4.79 Å². The highest BCUT2D eigenvalue weighted by Gasteiger charge is 2.42. The summed E-state index contributed by atoms with van der Waals surface area (Å²) in [6.07, 6.45) is 3.05. The summed E-state index contributed by atoms with van der Waals surface area (Å²) in [5, 5.41) is 0. The number of nitrogens with two attached hydrogens (primary N) is 1. The molecular weight excluding hydrogens is 335 g/mol. The topological polar surface area (TPSA) is 52.8 Å². The lowest BCUT2D eigenvalue weighted by Gasteiger charge is -2.34. The van der Waals surface area contributed by atoms with Crippen LogP contribution in [0, 0.1) is 11.8 Å². The summed E-state index contributed by atoms with van der Waals surface area (Å²) in [4.78, 5) is 19.4. The number of piperazine rings is 1. The van der Waals surface area contributed by atoms with Gasteiger partial charge in [-0.2, -0.15) is 0 Å². The fraction of sp³-hybridized carbons (Fsp3) is 0.938. The summed E-state index contributed by atoms with van der Waals surface area (Å²) >= 11 is 0. The standard InChI is InChI=1S/C16H30N4O.2ClH/c1-2-18-7-9-19(10-8-18)6-5-16(21)20-11-13-3-4-15(17)14(13)12-20;;/h13-15H,2-12,17H2,1H3;2*1H. The lowest BCUT2D eigenvalue weighted by atomic mass is 9.98. The SMILES string of the molecule is CCN1CCN(CCC(=O)N2CC3CCC(N)C3C2)CC1.Cl.Cl. The molecule has 3 rings (SSSR count). The highest BCUT2D eigenvalue weighted by atomic mass is 35.5. The van der Waals surface area contributed by atoms with Gasteiger partial charge < -0.3 is 20.4 Å². The Balaban J connectivity index is 0.00000132. The number of halogens is 2. The van der Waals surface area contributed by atoms with Gasteiger partial charge in [-0.15, -0.1) is 24.8 Å². The summed E-state index contributed by atoms with van der Waals surface area (Å²) < 4.78 is 0. The number of carbonyl (C=O) groups excluding carboxylic acids is 1. The van der Waals surface area contributed by atoms with E-state index in [1.807, 2.05) is 0 Å². The van der Waals surface area contributed by atoms with E-state index in [9.17, 15) is 4.79 Å². The van der Waals surface area contributed by atoms with Crippen LogP contribution >= 0.6 is 24.8 Å². The molecule has 23 heavy (non-hydrogen) atoms. The van der Waals surface area contributed by atoms with Gasteiger partial charge in [0.15, 0.2) is 0 Å². The smallest absolute Gasteiger partial charge is 0.223 e. The summed E-state index contributed by atoms with van der Waals surface area (Å²) in [7, 11) is 0. The molecule has 2 saturated heterocycles. The van der Waals surface area contributed by atoms with Gasteiger partial charge in [-0.1, -0.05) is 6.92 Å². The molecule has 136 valence electrons. The molecule has 0 aromatic carbocycles. The molecule has 3 unspecified atom stereocenters. The summed E-state index contributed by atoms with van der Waals surface area (Å²) in [5.41, 5.74) is 6.15. The Morgan fingerprint density at radius 1 is 1.04 bits per heavy atom. The molecule has 0 aromatic heterocycles. The molecule has 1 amide bonds. The van der Waals surface area contributed by atoms with Crippen molar-refractivity contribution in [1.82, 2.24) is 14.7 Å². The summed E-state index contributed by atoms with van der Waals surface area (Å²) in [5.74, 6) is 1.59. The van der Waals surface area contributed by atoms with E-state index >= 15 is 0 Å². The Hall–Kier alpha value is -0.0700. The van der Waals surface area contributed by atoms with Crippen LogP contribution in [0.4, 0.5) is 0 Å². The van der Waals surface area contributed by atoms with Crippen LogP contribution in [0.3, 0.4) is 0 Å². The normalized spacial score (nSPS) is 31.4. The molecular formula is C16H32Cl2N4O. The summed E-state index contributed by atoms with van der Waals surface area (Å²) in [6.45, 7) is 10.7. The minimum absolute atomic E-state index is 0. The zero-order valence-corrected chi connectivity index (χ0v) is 15.8. The van der Waals surface area contributed by atoms with E-state index in [1.54, 1.807) is 0 Å². The molecule has 7 heteroatoms. The highest BCUT2D eigenvalue weighted by Crippen LogP contribution is 2.37. The van der Waals surface area contributed by atoms with Gasteiger partial charge in [-0.25, -0.2) is 0 Å². The van der Waals surface area contributed by atoms with Crippen molar-refractivity contribution in [2.45, 2.75) is 32.2 Å². The monoisotopic (exact) mass is 366 g/mol. The Bertz CT molecular complexity index is 377. The number of hydrogen-bond acceptors (Lipinski definition) is 4. The minimum Gasteiger partial charge on any atom is -0.342 e. The van der Waals surface area contributed by atoms with Crippen LogP contribution in [0.5, 0.6) is 0 Å². The number of likely N-dealkylation sites (N-methyl/N-ethyl adjacent to an activating group) is 1.